The van der Waals surface area contributed by atoms with E-state index >= 15 is 0 Å². The number of nitrogens with two attached hydrogens (primary N) is 1. The highest BCUT2D eigenvalue weighted by Crippen LogP contribution is 2.10. The maximum atomic E-state index is 10.6. The van der Waals surface area contributed by atoms with Gasteiger partial charge in [0.1, 0.15) is 0 Å². The maximum Gasteiger partial charge on any atom is 0.220 e. The fourth-order valence-electron chi connectivity index (χ4n) is 1.56. The molecule has 1 aliphatic rings. The summed E-state index contributed by atoms with van der Waals surface area (Å²) < 4.78 is 5.20. The van der Waals surface area contributed by atoms with Crippen LogP contribution in [0.1, 0.15) is 19.8 Å². The smallest absolute Gasteiger partial charge is 0.220 e. The van der Waals surface area contributed by atoms with E-state index in [0.29, 0.717) is 19.6 Å². The van der Waals surface area contributed by atoms with Gasteiger partial charge in [-0.15, -0.1) is 0 Å². The number of carbonyl (C=O) groups excluding carboxylic acids is 1. The molecule has 0 bridgehead atoms. The van der Waals surface area contributed by atoms with Gasteiger partial charge in [0.25, 0.3) is 0 Å². The normalized spacial score (nSPS) is 20.5. The number of nitrogens with zero attached hydrogens (tertiary/aromatic N) is 2. The second-order valence-corrected chi connectivity index (χ2v) is 4.31. The summed E-state index contributed by atoms with van der Waals surface area (Å²) in [7, 11) is 0. The van der Waals surface area contributed by atoms with Crippen LogP contribution in [0.5, 0.6) is 0 Å². The Labute approximate surface area is 101 Å². The molecule has 1 saturated heterocycles. The quantitative estimate of drug-likeness (QED) is 0.619. The lowest BCUT2D eigenvalue weighted by Gasteiger charge is -2.24. The SMILES string of the molecule is C[C@H](C/C=N/N1CCOCC1)[C@@H](O)CC(N)=O. The Morgan fingerprint density at radius 3 is 2.82 bits per heavy atom. The second kappa shape index (κ2) is 7.24. The van der Waals surface area contributed by atoms with Crippen LogP contribution in [-0.4, -0.2) is 54.6 Å². The topological polar surface area (TPSA) is 88.2 Å². The monoisotopic (exact) mass is 243 g/mol. The average Bonchev–Trinajstić information content (AvgIpc) is 2.29. The van der Waals surface area contributed by atoms with Crippen LogP contribution < -0.4 is 5.73 Å². The number of rotatable bonds is 6. The summed E-state index contributed by atoms with van der Waals surface area (Å²) >= 11 is 0. The molecule has 1 rings (SSSR count). The van der Waals surface area contributed by atoms with Gasteiger partial charge in [-0.3, -0.25) is 9.80 Å². The van der Waals surface area contributed by atoms with Crippen molar-refractivity contribution in [1.82, 2.24) is 5.01 Å². The molecule has 2 atom stereocenters. The third kappa shape index (κ3) is 5.65. The van der Waals surface area contributed by atoms with E-state index in [1.807, 2.05) is 11.9 Å². The van der Waals surface area contributed by atoms with Gasteiger partial charge in [0, 0.05) is 6.21 Å². The van der Waals surface area contributed by atoms with Crippen LogP contribution in [0.25, 0.3) is 0 Å². The largest absolute Gasteiger partial charge is 0.392 e. The first-order valence-electron chi connectivity index (χ1n) is 5.91. The molecular formula is C11H21N3O3. The van der Waals surface area contributed by atoms with E-state index < -0.39 is 12.0 Å². The summed E-state index contributed by atoms with van der Waals surface area (Å²) in [4.78, 5) is 10.6. The number of morpholine rings is 1. The van der Waals surface area contributed by atoms with Crippen LogP contribution in [0.15, 0.2) is 5.10 Å². The molecule has 1 heterocycles. The van der Waals surface area contributed by atoms with E-state index in [1.165, 1.54) is 0 Å². The van der Waals surface area contributed by atoms with Gasteiger partial charge in [0.05, 0.1) is 38.8 Å². The van der Waals surface area contributed by atoms with Crippen LogP contribution in [0.2, 0.25) is 0 Å². The van der Waals surface area contributed by atoms with Crippen molar-refractivity contribution in [2.75, 3.05) is 26.3 Å². The van der Waals surface area contributed by atoms with Gasteiger partial charge >= 0.3 is 0 Å². The van der Waals surface area contributed by atoms with Crippen molar-refractivity contribution >= 4 is 12.1 Å². The summed E-state index contributed by atoms with van der Waals surface area (Å²) in [6.45, 7) is 4.89. The predicted octanol–water partition coefficient (Wildman–Crippen LogP) is -0.433. The lowest BCUT2D eigenvalue weighted by atomic mass is 9.99. The molecule has 1 amide bonds. The van der Waals surface area contributed by atoms with E-state index in [1.54, 1.807) is 6.21 Å². The first kappa shape index (κ1) is 13.9. The van der Waals surface area contributed by atoms with Crippen LogP contribution in [0, 0.1) is 5.92 Å². The molecule has 0 aromatic heterocycles. The Bertz CT molecular complexity index is 265. The highest BCUT2D eigenvalue weighted by Gasteiger charge is 2.15. The second-order valence-electron chi connectivity index (χ2n) is 4.31. The number of aliphatic hydroxyl groups is 1. The number of aliphatic hydroxyl groups excluding tert-OH is 1. The molecule has 17 heavy (non-hydrogen) atoms. The molecule has 6 nitrogen and oxygen atoms in total. The standard InChI is InChI=1S/C11H21N3O3/c1-9(10(15)8-11(12)16)2-3-13-14-4-6-17-7-5-14/h3,9-10,15H,2,4-8H2,1H3,(H2,12,16)/b13-3+/t9-,10+/m1/s1. The molecule has 0 aliphatic carbocycles. The molecular weight excluding hydrogens is 222 g/mol. The van der Waals surface area contributed by atoms with Crippen LogP contribution in [-0.2, 0) is 9.53 Å². The number of hydrogen-bond donors (Lipinski definition) is 2. The lowest BCUT2D eigenvalue weighted by molar-refractivity contribution is -0.120. The number of hydrogen-bond acceptors (Lipinski definition) is 5. The predicted molar refractivity (Wildman–Crippen MR) is 64.5 cm³/mol. The van der Waals surface area contributed by atoms with E-state index in [0.717, 1.165) is 13.1 Å². The van der Waals surface area contributed by atoms with Crippen molar-refractivity contribution in [3.8, 4) is 0 Å². The molecule has 98 valence electrons. The summed E-state index contributed by atoms with van der Waals surface area (Å²) in [5.41, 5.74) is 5.02. The maximum absolute atomic E-state index is 10.6. The van der Waals surface area contributed by atoms with Crippen molar-refractivity contribution in [2.24, 2.45) is 16.8 Å². The minimum absolute atomic E-state index is 0.00651. The molecule has 0 aromatic rings. The summed E-state index contributed by atoms with van der Waals surface area (Å²) in [5, 5.41) is 15.9. The molecule has 3 N–H and O–H groups in total. The number of ether oxygens (including phenoxy) is 1. The van der Waals surface area contributed by atoms with E-state index in [9.17, 15) is 9.90 Å². The molecule has 6 heteroatoms. The molecule has 0 spiro atoms. The Morgan fingerprint density at radius 1 is 1.59 bits per heavy atom. The Hall–Kier alpha value is -1.14. The van der Waals surface area contributed by atoms with Gasteiger partial charge in [-0.25, -0.2) is 0 Å². The summed E-state index contributed by atoms with van der Waals surface area (Å²) in [6.07, 6.45) is 1.72. The van der Waals surface area contributed by atoms with Crippen molar-refractivity contribution < 1.29 is 14.6 Å². The zero-order valence-corrected chi connectivity index (χ0v) is 10.2. The Kier molecular flexibility index (Phi) is 5.93. The fraction of sp³-hybridized carbons (Fsp3) is 0.818. The van der Waals surface area contributed by atoms with Crippen molar-refractivity contribution in [3.05, 3.63) is 0 Å². The summed E-state index contributed by atoms with van der Waals surface area (Å²) in [5.74, 6) is -0.498. The number of primary amides is 1. The first-order valence-corrected chi connectivity index (χ1v) is 5.91. The fourth-order valence-corrected chi connectivity index (χ4v) is 1.56. The van der Waals surface area contributed by atoms with Gasteiger partial charge < -0.3 is 15.6 Å². The van der Waals surface area contributed by atoms with E-state index in [2.05, 4.69) is 5.10 Å². The van der Waals surface area contributed by atoms with Crippen LogP contribution >= 0.6 is 0 Å². The lowest BCUT2D eigenvalue weighted by Crippen LogP contribution is -2.32. The number of amides is 1. The third-order valence-corrected chi connectivity index (χ3v) is 2.78. The Morgan fingerprint density at radius 2 is 2.24 bits per heavy atom. The van der Waals surface area contributed by atoms with Gasteiger partial charge in [0.15, 0.2) is 0 Å². The first-order chi connectivity index (χ1) is 8.09. The average molecular weight is 243 g/mol. The highest BCUT2D eigenvalue weighted by molar-refractivity contribution is 5.74. The zero-order chi connectivity index (χ0) is 12.7. The number of hydrazone groups is 1. The van der Waals surface area contributed by atoms with Gasteiger partial charge in [-0.05, 0) is 12.3 Å². The van der Waals surface area contributed by atoms with E-state index in [-0.39, 0.29) is 12.3 Å². The number of carbonyl (C=O) groups is 1. The molecule has 1 fully saturated rings. The van der Waals surface area contributed by atoms with Gasteiger partial charge in [-0.2, -0.15) is 5.10 Å². The van der Waals surface area contributed by atoms with Gasteiger partial charge in [-0.1, -0.05) is 6.92 Å². The third-order valence-electron chi connectivity index (χ3n) is 2.78. The van der Waals surface area contributed by atoms with Gasteiger partial charge in [0.2, 0.25) is 5.91 Å². The van der Waals surface area contributed by atoms with Crippen molar-refractivity contribution in [1.29, 1.82) is 0 Å². The van der Waals surface area contributed by atoms with E-state index in [4.69, 9.17) is 10.5 Å². The molecule has 0 saturated carbocycles. The molecule has 1 aliphatic heterocycles. The Balaban J connectivity index is 2.23. The highest BCUT2D eigenvalue weighted by atomic mass is 16.5. The minimum Gasteiger partial charge on any atom is -0.392 e. The molecule has 0 unspecified atom stereocenters. The molecule has 0 aromatic carbocycles. The van der Waals surface area contributed by atoms with Crippen molar-refractivity contribution in [2.45, 2.75) is 25.9 Å². The van der Waals surface area contributed by atoms with Crippen LogP contribution in [0.4, 0.5) is 0 Å². The zero-order valence-electron chi connectivity index (χ0n) is 10.2. The summed E-state index contributed by atoms with van der Waals surface area (Å²) in [6, 6.07) is 0. The van der Waals surface area contributed by atoms with Crippen LogP contribution in [0.3, 0.4) is 0 Å². The molecule has 0 radical (unpaired) electrons. The minimum atomic E-state index is -0.691. The van der Waals surface area contributed by atoms with Crippen molar-refractivity contribution in [3.63, 3.8) is 0 Å².